The normalized spacial score (nSPS) is 21.9. The molecule has 4 rings (SSSR count). The molecular weight excluding hydrogens is 330 g/mol. The Balaban J connectivity index is 1.39. The van der Waals surface area contributed by atoms with Crippen LogP contribution in [0.25, 0.3) is 0 Å². The van der Waals surface area contributed by atoms with Crippen LogP contribution in [0.3, 0.4) is 0 Å². The summed E-state index contributed by atoms with van der Waals surface area (Å²) < 4.78 is 1.85. The molecule has 2 amide bonds. The lowest BCUT2D eigenvalue weighted by molar-refractivity contribution is 0.0733. The fourth-order valence-electron chi connectivity index (χ4n) is 4.11. The summed E-state index contributed by atoms with van der Waals surface area (Å²) in [6.45, 7) is 2.79. The summed E-state index contributed by atoms with van der Waals surface area (Å²) in [7, 11) is 1.88. The number of likely N-dealkylation sites (tertiary alicyclic amines) is 2. The number of hydrogen-bond acceptors (Lipinski definition) is 3. The van der Waals surface area contributed by atoms with Gasteiger partial charge in [-0.05, 0) is 29.8 Å². The van der Waals surface area contributed by atoms with E-state index in [-0.39, 0.29) is 18.4 Å². The second kappa shape index (κ2) is 6.61. The van der Waals surface area contributed by atoms with Gasteiger partial charge in [-0.3, -0.25) is 9.59 Å². The maximum Gasteiger partial charge on any atom is 0.270 e. The predicted molar refractivity (Wildman–Crippen MR) is 96.6 cm³/mol. The Morgan fingerprint density at radius 3 is 2.04 bits per heavy atom. The Labute approximate surface area is 152 Å². The van der Waals surface area contributed by atoms with Crippen molar-refractivity contribution in [3.63, 3.8) is 0 Å². The highest BCUT2D eigenvalue weighted by Crippen LogP contribution is 2.32. The molecule has 0 aliphatic carbocycles. The fourth-order valence-corrected chi connectivity index (χ4v) is 4.11. The molecule has 2 atom stereocenters. The summed E-state index contributed by atoms with van der Waals surface area (Å²) in [5.74, 6) is 0.799. The summed E-state index contributed by atoms with van der Waals surface area (Å²) in [5.41, 5.74) is 2.16. The number of aliphatic hydroxyl groups excluding tert-OH is 1. The first-order valence-corrected chi connectivity index (χ1v) is 8.96. The summed E-state index contributed by atoms with van der Waals surface area (Å²) in [5, 5.41) is 9.11. The van der Waals surface area contributed by atoms with E-state index < -0.39 is 0 Å². The zero-order valence-corrected chi connectivity index (χ0v) is 14.8. The summed E-state index contributed by atoms with van der Waals surface area (Å²) in [6, 6.07) is 10.8. The van der Waals surface area contributed by atoms with Gasteiger partial charge in [0.2, 0.25) is 0 Å². The van der Waals surface area contributed by atoms with Crippen LogP contribution in [0.15, 0.2) is 42.6 Å². The molecule has 6 nitrogen and oxygen atoms in total. The minimum Gasteiger partial charge on any atom is -0.392 e. The molecule has 1 aromatic carbocycles. The van der Waals surface area contributed by atoms with Gasteiger partial charge < -0.3 is 19.5 Å². The largest absolute Gasteiger partial charge is 0.392 e. The Bertz CT molecular complexity index is 813. The van der Waals surface area contributed by atoms with Crippen molar-refractivity contribution in [2.75, 3.05) is 26.2 Å². The number of aliphatic hydroxyl groups is 1. The third-order valence-electron chi connectivity index (χ3n) is 5.61. The topological polar surface area (TPSA) is 65.8 Å². The molecule has 1 N–H and O–H groups in total. The first-order valence-electron chi connectivity index (χ1n) is 8.96. The van der Waals surface area contributed by atoms with Crippen molar-refractivity contribution in [2.45, 2.75) is 6.61 Å². The monoisotopic (exact) mass is 353 g/mol. The van der Waals surface area contributed by atoms with E-state index in [4.69, 9.17) is 5.11 Å². The Hall–Kier alpha value is -2.60. The standard InChI is InChI=1S/C20H23N3O3/c1-21-8-2-3-18(21)20(26)23-11-16-9-22(10-17(16)12-23)19(25)15-6-4-14(13-24)5-7-15/h2-8,16-17,24H,9-13H2,1H3/t16-,17+. The highest BCUT2D eigenvalue weighted by Gasteiger charge is 2.43. The number of aromatic nitrogens is 1. The van der Waals surface area contributed by atoms with Crippen LogP contribution in [0.1, 0.15) is 26.4 Å². The molecular formula is C20H23N3O3. The van der Waals surface area contributed by atoms with E-state index in [1.807, 2.05) is 39.7 Å². The average molecular weight is 353 g/mol. The quantitative estimate of drug-likeness (QED) is 0.906. The summed E-state index contributed by atoms with van der Waals surface area (Å²) in [6.07, 6.45) is 1.88. The zero-order chi connectivity index (χ0) is 18.3. The second-order valence-electron chi connectivity index (χ2n) is 7.30. The van der Waals surface area contributed by atoms with Crippen LogP contribution in [0, 0.1) is 11.8 Å². The third-order valence-corrected chi connectivity index (χ3v) is 5.61. The Kier molecular flexibility index (Phi) is 4.28. The summed E-state index contributed by atoms with van der Waals surface area (Å²) in [4.78, 5) is 29.2. The lowest BCUT2D eigenvalue weighted by atomic mass is 10.0. The van der Waals surface area contributed by atoms with Crippen molar-refractivity contribution in [1.82, 2.24) is 14.4 Å². The van der Waals surface area contributed by atoms with Gasteiger partial charge in [-0.15, -0.1) is 0 Å². The lowest BCUT2D eigenvalue weighted by Gasteiger charge is -2.22. The highest BCUT2D eigenvalue weighted by molar-refractivity contribution is 5.95. The van der Waals surface area contributed by atoms with E-state index in [2.05, 4.69) is 0 Å². The van der Waals surface area contributed by atoms with E-state index in [9.17, 15) is 9.59 Å². The minimum absolute atomic E-state index is 0.0205. The molecule has 2 aromatic rings. The summed E-state index contributed by atoms with van der Waals surface area (Å²) >= 11 is 0. The van der Waals surface area contributed by atoms with Crippen LogP contribution < -0.4 is 0 Å². The van der Waals surface area contributed by atoms with E-state index in [0.29, 0.717) is 49.3 Å². The van der Waals surface area contributed by atoms with Crippen molar-refractivity contribution >= 4 is 11.8 Å². The van der Waals surface area contributed by atoms with E-state index in [1.54, 1.807) is 24.3 Å². The number of amides is 2. The zero-order valence-electron chi connectivity index (χ0n) is 14.8. The number of carbonyl (C=O) groups is 2. The van der Waals surface area contributed by atoms with Gasteiger partial charge in [0.25, 0.3) is 11.8 Å². The number of rotatable bonds is 3. The van der Waals surface area contributed by atoms with Crippen LogP contribution in [-0.2, 0) is 13.7 Å². The number of benzene rings is 1. The van der Waals surface area contributed by atoms with Crippen LogP contribution in [0.5, 0.6) is 0 Å². The SMILES string of the molecule is Cn1cccc1C(=O)N1C[C@H]2CN(C(=O)c3ccc(CO)cc3)C[C@H]2C1. The van der Waals surface area contributed by atoms with Crippen LogP contribution in [0.4, 0.5) is 0 Å². The number of nitrogens with zero attached hydrogens (tertiary/aromatic N) is 3. The van der Waals surface area contributed by atoms with Crippen molar-refractivity contribution in [3.8, 4) is 0 Å². The molecule has 2 aliphatic heterocycles. The van der Waals surface area contributed by atoms with Crippen LogP contribution in [0.2, 0.25) is 0 Å². The van der Waals surface area contributed by atoms with E-state index >= 15 is 0 Å². The minimum atomic E-state index is -0.0205. The maximum absolute atomic E-state index is 12.7. The van der Waals surface area contributed by atoms with Gasteiger partial charge in [-0.1, -0.05) is 12.1 Å². The van der Waals surface area contributed by atoms with Gasteiger partial charge in [0.1, 0.15) is 5.69 Å². The molecule has 2 fully saturated rings. The predicted octanol–water partition coefficient (Wildman–Crippen LogP) is 1.36. The number of fused-ring (bicyclic) bond motifs is 1. The maximum atomic E-state index is 12.7. The molecule has 6 heteroatoms. The van der Waals surface area contributed by atoms with Crippen molar-refractivity contribution in [2.24, 2.45) is 18.9 Å². The van der Waals surface area contributed by atoms with Gasteiger partial charge >= 0.3 is 0 Å². The first kappa shape index (κ1) is 16.8. The molecule has 3 heterocycles. The lowest BCUT2D eigenvalue weighted by Crippen LogP contribution is -2.36. The molecule has 0 spiro atoms. The van der Waals surface area contributed by atoms with Gasteiger partial charge in [-0.25, -0.2) is 0 Å². The smallest absolute Gasteiger partial charge is 0.270 e. The van der Waals surface area contributed by atoms with Crippen molar-refractivity contribution in [3.05, 3.63) is 59.4 Å². The Morgan fingerprint density at radius 1 is 0.962 bits per heavy atom. The number of hydrogen-bond donors (Lipinski definition) is 1. The molecule has 0 bridgehead atoms. The van der Waals surface area contributed by atoms with Crippen LogP contribution in [-0.4, -0.2) is 57.5 Å². The van der Waals surface area contributed by atoms with Gasteiger partial charge in [0.15, 0.2) is 0 Å². The van der Waals surface area contributed by atoms with E-state index in [1.165, 1.54) is 0 Å². The van der Waals surface area contributed by atoms with Gasteiger partial charge in [0.05, 0.1) is 6.61 Å². The van der Waals surface area contributed by atoms with Crippen molar-refractivity contribution in [1.29, 1.82) is 0 Å². The number of carbonyl (C=O) groups excluding carboxylic acids is 2. The molecule has 0 saturated carbocycles. The molecule has 136 valence electrons. The number of aryl methyl sites for hydroxylation is 1. The molecule has 0 unspecified atom stereocenters. The molecule has 0 radical (unpaired) electrons. The molecule has 2 aliphatic rings. The average Bonchev–Trinajstić information content (AvgIpc) is 3.35. The first-order chi connectivity index (χ1) is 12.6. The Morgan fingerprint density at radius 2 is 1.54 bits per heavy atom. The van der Waals surface area contributed by atoms with Crippen molar-refractivity contribution < 1.29 is 14.7 Å². The third kappa shape index (κ3) is 2.90. The fraction of sp³-hybridized carbons (Fsp3) is 0.400. The van der Waals surface area contributed by atoms with E-state index in [0.717, 1.165) is 5.56 Å². The highest BCUT2D eigenvalue weighted by atomic mass is 16.3. The van der Waals surface area contributed by atoms with Crippen LogP contribution >= 0.6 is 0 Å². The van der Waals surface area contributed by atoms with Gasteiger partial charge in [-0.2, -0.15) is 0 Å². The second-order valence-corrected chi connectivity index (χ2v) is 7.30. The molecule has 1 aromatic heterocycles. The molecule has 2 saturated heterocycles. The molecule has 26 heavy (non-hydrogen) atoms. The van der Waals surface area contributed by atoms with Gasteiger partial charge in [0, 0.05) is 56.8 Å².